The molecule has 1 rings (SSSR count). The van der Waals surface area contributed by atoms with Crippen molar-refractivity contribution >= 4 is 5.91 Å². The summed E-state index contributed by atoms with van der Waals surface area (Å²) in [7, 11) is 0. The Kier molecular flexibility index (Phi) is 6.64. The molecule has 0 radical (unpaired) electrons. The Bertz CT molecular complexity index is 403. The molecule has 0 aliphatic carbocycles. The van der Waals surface area contributed by atoms with Crippen LogP contribution >= 0.6 is 0 Å². The normalized spacial score (nSPS) is 11.3. The molecule has 1 heterocycles. The van der Waals surface area contributed by atoms with Gasteiger partial charge in [0.2, 0.25) is 5.91 Å². The number of carbonyl (C=O) groups is 1. The number of nitrogens with two attached hydrogens (primary N) is 1. The van der Waals surface area contributed by atoms with E-state index in [0.717, 1.165) is 18.8 Å². The van der Waals surface area contributed by atoms with E-state index in [2.05, 4.69) is 38.0 Å². The summed E-state index contributed by atoms with van der Waals surface area (Å²) in [5.41, 5.74) is 6.31. The van der Waals surface area contributed by atoms with E-state index in [1.807, 2.05) is 4.90 Å². The van der Waals surface area contributed by atoms with E-state index in [-0.39, 0.29) is 12.5 Å². The van der Waals surface area contributed by atoms with E-state index >= 15 is 0 Å². The summed E-state index contributed by atoms with van der Waals surface area (Å²) in [5, 5.41) is 7.98. The zero-order chi connectivity index (χ0) is 15.1. The average Bonchev–Trinajstić information content (AvgIpc) is 2.75. The van der Waals surface area contributed by atoms with Crippen LogP contribution in [0.3, 0.4) is 0 Å². The maximum absolute atomic E-state index is 12.4. The first-order chi connectivity index (χ1) is 9.42. The van der Waals surface area contributed by atoms with Gasteiger partial charge in [-0.1, -0.05) is 32.9 Å². The largest absolute Gasteiger partial charge is 0.341 e. The minimum absolute atomic E-state index is 0.0941. The van der Waals surface area contributed by atoms with Gasteiger partial charge in [-0.15, -0.1) is 5.10 Å². The Morgan fingerprint density at radius 2 is 1.90 bits per heavy atom. The molecule has 6 heteroatoms. The third kappa shape index (κ3) is 5.69. The summed E-state index contributed by atoms with van der Waals surface area (Å²) < 4.78 is 1.60. The van der Waals surface area contributed by atoms with Gasteiger partial charge in [0, 0.05) is 25.7 Å². The van der Waals surface area contributed by atoms with Crippen molar-refractivity contribution in [2.75, 3.05) is 19.6 Å². The molecule has 0 aliphatic rings. The van der Waals surface area contributed by atoms with E-state index in [0.29, 0.717) is 24.8 Å². The summed E-state index contributed by atoms with van der Waals surface area (Å²) in [6.07, 6.45) is 2.49. The molecular weight excluding hydrogens is 254 g/mol. The Morgan fingerprint density at radius 1 is 1.30 bits per heavy atom. The Labute approximate surface area is 121 Å². The topological polar surface area (TPSA) is 77.0 Å². The molecule has 0 saturated heterocycles. The van der Waals surface area contributed by atoms with Crippen LogP contribution in [-0.2, 0) is 17.8 Å². The van der Waals surface area contributed by atoms with Gasteiger partial charge in [-0.05, 0) is 18.4 Å². The first-order valence-electron chi connectivity index (χ1n) is 7.29. The summed E-state index contributed by atoms with van der Waals surface area (Å²) >= 11 is 0. The fraction of sp³-hybridized carbons (Fsp3) is 0.786. The molecule has 0 saturated carbocycles. The number of aromatic nitrogens is 3. The standard InChI is InChI=1S/C14H27N5O/c1-11(2)7-18(8-12(3)4)14(20)10-19-9-13(5-6-15)16-17-19/h9,11-12H,5-8,10,15H2,1-4H3. The number of carbonyl (C=O) groups excluding carboxylic acids is 1. The van der Waals surface area contributed by atoms with Crippen molar-refractivity contribution in [3.8, 4) is 0 Å². The smallest absolute Gasteiger partial charge is 0.244 e. The van der Waals surface area contributed by atoms with Crippen LogP contribution in [-0.4, -0.2) is 45.4 Å². The molecule has 0 atom stereocenters. The van der Waals surface area contributed by atoms with Crippen LogP contribution in [0.2, 0.25) is 0 Å². The van der Waals surface area contributed by atoms with Crippen LogP contribution in [0.4, 0.5) is 0 Å². The predicted octanol–water partition coefficient (Wildman–Crippen LogP) is 0.920. The molecule has 0 bridgehead atoms. The quantitative estimate of drug-likeness (QED) is 0.768. The van der Waals surface area contributed by atoms with Crippen LogP contribution in [0.1, 0.15) is 33.4 Å². The molecule has 1 amide bonds. The molecule has 0 unspecified atom stereocenters. The van der Waals surface area contributed by atoms with Gasteiger partial charge in [-0.3, -0.25) is 4.79 Å². The molecular formula is C14H27N5O. The summed E-state index contributed by atoms with van der Waals surface area (Å²) in [6, 6.07) is 0. The summed E-state index contributed by atoms with van der Waals surface area (Å²) in [6.45, 7) is 10.8. The molecule has 1 aromatic heterocycles. The van der Waals surface area contributed by atoms with Gasteiger partial charge < -0.3 is 10.6 Å². The van der Waals surface area contributed by atoms with E-state index in [4.69, 9.17) is 5.73 Å². The van der Waals surface area contributed by atoms with Crippen molar-refractivity contribution < 1.29 is 4.79 Å². The van der Waals surface area contributed by atoms with E-state index in [1.54, 1.807) is 10.9 Å². The molecule has 0 spiro atoms. The molecule has 114 valence electrons. The predicted molar refractivity (Wildman–Crippen MR) is 79.0 cm³/mol. The number of hydrogen-bond acceptors (Lipinski definition) is 4. The number of rotatable bonds is 8. The van der Waals surface area contributed by atoms with Gasteiger partial charge in [-0.2, -0.15) is 0 Å². The van der Waals surface area contributed by atoms with Crippen molar-refractivity contribution in [3.63, 3.8) is 0 Å². The summed E-state index contributed by atoms with van der Waals surface area (Å²) in [4.78, 5) is 14.3. The van der Waals surface area contributed by atoms with Gasteiger partial charge in [-0.25, -0.2) is 4.68 Å². The van der Waals surface area contributed by atoms with Gasteiger partial charge in [0.1, 0.15) is 6.54 Å². The highest BCUT2D eigenvalue weighted by atomic mass is 16.2. The van der Waals surface area contributed by atoms with E-state index in [1.165, 1.54) is 0 Å². The second-order valence-corrected chi connectivity index (χ2v) is 6.03. The highest BCUT2D eigenvalue weighted by molar-refractivity contribution is 5.75. The van der Waals surface area contributed by atoms with Gasteiger partial charge in [0.25, 0.3) is 0 Å². The lowest BCUT2D eigenvalue weighted by molar-refractivity contribution is -0.133. The van der Waals surface area contributed by atoms with Crippen molar-refractivity contribution in [2.24, 2.45) is 17.6 Å². The van der Waals surface area contributed by atoms with Crippen molar-refractivity contribution in [2.45, 2.75) is 40.7 Å². The second-order valence-electron chi connectivity index (χ2n) is 6.03. The lowest BCUT2D eigenvalue weighted by Gasteiger charge is -2.26. The SMILES string of the molecule is CC(C)CN(CC(C)C)C(=O)Cn1cc(CCN)nn1. The van der Waals surface area contributed by atoms with Crippen LogP contribution in [0.15, 0.2) is 6.20 Å². The summed E-state index contributed by atoms with van der Waals surface area (Å²) in [5.74, 6) is 1.01. The van der Waals surface area contributed by atoms with Gasteiger partial charge >= 0.3 is 0 Å². The minimum Gasteiger partial charge on any atom is -0.341 e. The number of nitrogens with zero attached hydrogens (tertiary/aromatic N) is 4. The Hall–Kier alpha value is -1.43. The monoisotopic (exact) mass is 281 g/mol. The highest BCUT2D eigenvalue weighted by Gasteiger charge is 2.17. The van der Waals surface area contributed by atoms with Crippen molar-refractivity contribution in [1.29, 1.82) is 0 Å². The average molecular weight is 281 g/mol. The van der Waals surface area contributed by atoms with Crippen molar-refractivity contribution in [3.05, 3.63) is 11.9 Å². The van der Waals surface area contributed by atoms with Gasteiger partial charge in [0.15, 0.2) is 0 Å². The van der Waals surface area contributed by atoms with Gasteiger partial charge in [0.05, 0.1) is 5.69 Å². The third-order valence-corrected chi connectivity index (χ3v) is 2.81. The second kappa shape index (κ2) is 7.99. The maximum atomic E-state index is 12.4. The molecule has 2 N–H and O–H groups in total. The first kappa shape index (κ1) is 16.6. The molecule has 0 aliphatic heterocycles. The van der Waals surface area contributed by atoms with Crippen molar-refractivity contribution in [1.82, 2.24) is 19.9 Å². The Morgan fingerprint density at radius 3 is 2.40 bits per heavy atom. The number of amides is 1. The van der Waals surface area contributed by atoms with E-state index < -0.39 is 0 Å². The Balaban J connectivity index is 2.63. The number of hydrogen-bond donors (Lipinski definition) is 1. The lowest BCUT2D eigenvalue weighted by atomic mass is 10.1. The molecule has 0 fully saturated rings. The zero-order valence-electron chi connectivity index (χ0n) is 13.0. The van der Waals surface area contributed by atoms with Crippen LogP contribution < -0.4 is 5.73 Å². The van der Waals surface area contributed by atoms with E-state index in [9.17, 15) is 4.79 Å². The maximum Gasteiger partial charge on any atom is 0.244 e. The first-order valence-corrected chi connectivity index (χ1v) is 7.29. The highest BCUT2D eigenvalue weighted by Crippen LogP contribution is 2.05. The van der Waals surface area contributed by atoms with Crippen LogP contribution in [0.25, 0.3) is 0 Å². The molecule has 6 nitrogen and oxygen atoms in total. The molecule has 0 aromatic carbocycles. The van der Waals surface area contributed by atoms with Crippen LogP contribution in [0.5, 0.6) is 0 Å². The minimum atomic E-state index is 0.0941. The lowest BCUT2D eigenvalue weighted by Crippen LogP contribution is -2.39. The molecule has 1 aromatic rings. The third-order valence-electron chi connectivity index (χ3n) is 2.81. The fourth-order valence-electron chi connectivity index (χ4n) is 2.08. The van der Waals surface area contributed by atoms with Crippen LogP contribution in [0, 0.1) is 11.8 Å². The fourth-order valence-corrected chi connectivity index (χ4v) is 2.08. The molecule has 20 heavy (non-hydrogen) atoms. The zero-order valence-corrected chi connectivity index (χ0v) is 13.0.